The highest BCUT2D eigenvalue weighted by Gasteiger charge is 2.27. The lowest BCUT2D eigenvalue weighted by molar-refractivity contribution is -0.116. The Morgan fingerprint density at radius 1 is 1.03 bits per heavy atom. The fourth-order valence-corrected chi connectivity index (χ4v) is 5.06. The van der Waals surface area contributed by atoms with E-state index in [1.165, 1.54) is 18.2 Å². The molecule has 0 heterocycles. The van der Waals surface area contributed by atoms with Crippen LogP contribution < -0.4 is 5.32 Å². The third kappa shape index (κ3) is 6.08. The molecule has 0 unspecified atom stereocenters. The first-order chi connectivity index (χ1) is 14.7. The molecule has 0 aliphatic heterocycles. The molecule has 0 radical (unpaired) electrons. The highest BCUT2D eigenvalue weighted by molar-refractivity contribution is 9.10. The Morgan fingerprint density at radius 2 is 1.71 bits per heavy atom. The molecule has 0 spiro atoms. The highest BCUT2D eigenvalue weighted by Crippen LogP contribution is 2.26. The summed E-state index contributed by atoms with van der Waals surface area (Å²) in [5.41, 5.74) is 2.01. The van der Waals surface area contributed by atoms with Crippen LogP contribution >= 0.6 is 39.1 Å². The fraction of sp³-hybridized carbons (Fsp3) is 0.136. The molecule has 31 heavy (non-hydrogen) atoms. The van der Waals surface area contributed by atoms with Crippen molar-refractivity contribution in [2.45, 2.75) is 18.4 Å². The quantitative estimate of drug-likeness (QED) is 0.405. The predicted molar refractivity (Wildman–Crippen MR) is 128 cm³/mol. The molecule has 9 heteroatoms. The maximum Gasteiger partial charge on any atom is 0.243 e. The van der Waals surface area contributed by atoms with Crippen molar-refractivity contribution in [1.82, 2.24) is 4.31 Å². The molecule has 0 saturated carbocycles. The number of sulfonamides is 1. The molecule has 1 amide bonds. The molecule has 3 rings (SSSR count). The summed E-state index contributed by atoms with van der Waals surface area (Å²) >= 11 is 15.6. The minimum Gasteiger partial charge on any atom is -0.324 e. The summed E-state index contributed by atoms with van der Waals surface area (Å²) in [4.78, 5) is 12.8. The topological polar surface area (TPSA) is 66.5 Å². The van der Waals surface area contributed by atoms with Gasteiger partial charge in [-0.1, -0.05) is 59.1 Å². The van der Waals surface area contributed by atoms with Crippen molar-refractivity contribution in [3.63, 3.8) is 0 Å². The van der Waals surface area contributed by atoms with Gasteiger partial charge in [0.25, 0.3) is 0 Å². The van der Waals surface area contributed by atoms with E-state index in [2.05, 4.69) is 21.2 Å². The summed E-state index contributed by atoms with van der Waals surface area (Å²) in [5.74, 6) is -0.479. The normalized spacial score (nSPS) is 11.5. The van der Waals surface area contributed by atoms with E-state index >= 15 is 0 Å². The number of carbonyl (C=O) groups is 1. The van der Waals surface area contributed by atoms with Crippen molar-refractivity contribution < 1.29 is 13.2 Å². The Kier molecular flexibility index (Phi) is 7.78. The van der Waals surface area contributed by atoms with Crippen LogP contribution in [-0.4, -0.2) is 25.2 Å². The van der Waals surface area contributed by atoms with Crippen molar-refractivity contribution >= 4 is 60.7 Å². The zero-order valence-corrected chi connectivity index (χ0v) is 20.4. The van der Waals surface area contributed by atoms with Gasteiger partial charge in [0.1, 0.15) is 0 Å². The van der Waals surface area contributed by atoms with Crippen LogP contribution in [0.5, 0.6) is 0 Å². The lowest BCUT2D eigenvalue weighted by atomic mass is 10.2. The minimum atomic E-state index is -3.97. The third-order valence-electron chi connectivity index (χ3n) is 4.49. The number of hydrogen-bond acceptors (Lipinski definition) is 3. The maximum atomic E-state index is 13.3. The molecule has 0 aliphatic rings. The number of amides is 1. The first-order valence-electron chi connectivity index (χ1n) is 9.22. The van der Waals surface area contributed by atoms with E-state index in [0.717, 1.165) is 9.87 Å². The molecule has 0 saturated heterocycles. The monoisotopic (exact) mass is 540 g/mol. The molecule has 0 aromatic heterocycles. The molecule has 0 aliphatic carbocycles. The van der Waals surface area contributed by atoms with E-state index in [9.17, 15) is 13.2 Å². The second-order valence-electron chi connectivity index (χ2n) is 6.85. The summed E-state index contributed by atoms with van der Waals surface area (Å²) in [6.45, 7) is 1.39. The zero-order valence-electron chi connectivity index (χ0n) is 16.5. The molecule has 5 nitrogen and oxygen atoms in total. The summed E-state index contributed by atoms with van der Waals surface area (Å²) in [6, 6.07) is 18.4. The summed E-state index contributed by atoms with van der Waals surface area (Å²) < 4.78 is 28.5. The summed E-state index contributed by atoms with van der Waals surface area (Å²) in [6.07, 6.45) is 0. The number of hydrogen-bond donors (Lipinski definition) is 1. The van der Waals surface area contributed by atoms with Gasteiger partial charge in [-0.25, -0.2) is 8.42 Å². The second-order valence-corrected chi connectivity index (χ2v) is 10.5. The molecule has 0 bridgehead atoms. The lowest BCUT2D eigenvalue weighted by Crippen LogP contribution is -2.37. The van der Waals surface area contributed by atoms with Gasteiger partial charge in [0.05, 0.1) is 17.1 Å². The Bertz CT molecular complexity index is 1200. The average Bonchev–Trinajstić information content (AvgIpc) is 2.71. The fourth-order valence-electron chi connectivity index (χ4n) is 2.84. The van der Waals surface area contributed by atoms with Crippen molar-refractivity contribution in [3.05, 3.63) is 92.4 Å². The van der Waals surface area contributed by atoms with Crippen LogP contribution in [0.1, 0.15) is 11.1 Å². The van der Waals surface area contributed by atoms with Crippen LogP contribution in [0.15, 0.2) is 76.1 Å². The average molecular weight is 542 g/mol. The first kappa shape index (κ1) is 23.8. The van der Waals surface area contributed by atoms with E-state index in [1.807, 2.05) is 13.0 Å². The Labute approximate surface area is 200 Å². The number of benzene rings is 3. The van der Waals surface area contributed by atoms with Crippen molar-refractivity contribution in [1.29, 1.82) is 0 Å². The number of anilines is 1. The van der Waals surface area contributed by atoms with Gasteiger partial charge in [-0.15, -0.1) is 0 Å². The van der Waals surface area contributed by atoms with Gasteiger partial charge in [0.2, 0.25) is 15.9 Å². The number of para-hydroxylation sites is 1. The molecular weight excluding hydrogens is 523 g/mol. The Morgan fingerprint density at radius 3 is 2.35 bits per heavy atom. The molecular formula is C22H19BrCl2N2O3S. The lowest BCUT2D eigenvalue weighted by Gasteiger charge is -2.23. The highest BCUT2D eigenvalue weighted by atomic mass is 79.9. The molecule has 0 fully saturated rings. The van der Waals surface area contributed by atoms with Crippen LogP contribution in [0.4, 0.5) is 5.69 Å². The largest absolute Gasteiger partial charge is 0.324 e. The molecule has 3 aromatic carbocycles. The Hall–Kier alpha value is -1.90. The predicted octanol–water partition coefficient (Wildman–Crippen LogP) is 5.89. The van der Waals surface area contributed by atoms with Crippen LogP contribution in [-0.2, 0) is 21.4 Å². The van der Waals surface area contributed by atoms with Crippen LogP contribution in [0.25, 0.3) is 0 Å². The van der Waals surface area contributed by atoms with Crippen molar-refractivity contribution in [2.24, 2.45) is 0 Å². The van der Waals surface area contributed by atoms with E-state index in [0.29, 0.717) is 25.8 Å². The SMILES string of the molecule is Cc1ccc(S(=O)(=O)N(CC(=O)Nc2ccccc2Br)Cc2ccc(Cl)cc2Cl)cc1. The molecule has 162 valence electrons. The van der Waals surface area contributed by atoms with Gasteiger partial charge in [-0.2, -0.15) is 4.31 Å². The number of nitrogens with one attached hydrogen (secondary N) is 1. The standard InChI is InChI=1S/C22H19BrCl2N2O3S/c1-15-6-10-18(11-7-15)31(29,30)27(13-16-8-9-17(24)12-20(16)25)14-22(28)26-21-5-3-2-4-19(21)23/h2-12H,13-14H2,1H3,(H,26,28). The van der Waals surface area contributed by atoms with E-state index in [1.54, 1.807) is 42.5 Å². The molecule has 1 N–H and O–H groups in total. The van der Waals surface area contributed by atoms with Crippen LogP contribution in [0.2, 0.25) is 10.0 Å². The molecule has 0 atom stereocenters. The summed E-state index contributed by atoms with van der Waals surface area (Å²) in [5, 5.41) is 3.50. The van der Waals surface area contributed by atoms with Gasteiger partial charge < -0.3 is 5.32 Å². The van der Waals surface area contributed by atoms with Crippen molar-refractivity contribution in [3.8, 4) is 0 Å². The number of nitrogens with zero attached hydrogens (tertiary/aromatic N) is 1. The van der Waals surface area contributed by atoms with E-state index in [4.69, 9.17) is 23.2 Å². The Balaban J connectivity index is 1.92. The number of aryl methyl sites for hydroxylation is 1. The minimum absolute atomic E-state index is 0.0877. The number of rotatable bonds is 7. The van der Waals surface area contributed by atoms with Gasteiger partial charge in [0.15, 0.2) is 0 Å². The van der Waals surface area contributed by atoms with E-state index in [-0.39, 0.29) is 11.4 Å². The second kappa shape index (κ2) is 10.1. The van der Waals surface area contributed by atoms with Gasteiger partial charge in [-0.05, 0) is 64.8 Å². The maximum absolute atomic E-state index is 13.3. The number of carbonyl (C=O) groups excluding carboxylic acids is 1. The summed E-state index contributed by atoms with van der Waals surface area (Å²) in [7, 11) is -3.97. The van der Waals surface area contributed by atoms with Crippen LogP contribution in [0, 0.1) is 6.92 Å². The van der Waals surface area contributed by atoms with Gasteiger partial charge in [0, 0.05) is 21.1 Å². The number of halogens is 3. The van der Waals surface area contributed by atoms with E-state index < -0.39 is 22.5 Å². The molecule has 3 aromatic rings. The van der Waals surface area contributed by atoms with Gasteiger partial charge in [-0.3, -0.25) is 4.79 Å². The van der Waals surface area contributed by atoms with Crippen LogP contribution in [0.3, 0.4) is 0 Å². The van der Waals surface area contributed by atoms with Gasteiger partial charge >= 0.3 is 0 Å². The first-order valence-corrected chi connectivity index (χ1v) is 12.2. The smallest absolute Gasteiger partial charge is 0.243 e. The van der Waals surface area contributed by atoms with Crippen molar-refractivity contribution in [2.75, 3.05) is 11.9 Å². The zero-order chi connectivity index (χ0) is 22.6. The third-order valence-corrected chi connectivity index (χ3v) is 7.57.